The molecule has 0 aromatic carbocycles. The van der Waals surface area contributed by atoms with Gasteiger partial charge in [0, 0.05) is 32.9 Å². The van der Waals surface area contributed by atoms with Gasteiger partial charge in [0.05, 0.1) is 5.52 Å². The second-order valence-corrected chi connectivity index (χ2v) is 7.75. The van der Waals surface area contributed by atoms with Gasteiger partial charge in [-0.05, 0) is 51.7 Å². The number of pyridine rings is 1. The molecule has 0 radical (unpaired) electrons. The molecule has 7 heteroatoms. The van der Waals surface area contributed by atoms with E-state index in [0.717, 1.165) is 49.6 Å². The van der Waals surface area contributed by atoms with E-state index >= 15 is 0 Å². The van der Waals surface area contributed by atoms with E-state index in [2.05, 4.69) is 19.9 Å². The van der Waals surface area contributed by atoms with Gasteiger partial charge in [0.1, 0.15) is 5.60 Å². The molecule has 0 bridgehead atoms. The molecule has 1 aliphatic rings. The highest BCUT2D eigenvalue weighted by Gasteiger charge is 2.28. The van der Waals surface area contributed by atoms with Crippen LogP contribution >= 0.6 is 0 Å². The Kier molecular flexibility index (Phi) is 4.83. The Balaban J connectivity index is 1.61. The highest BCUT2D eigenvalue weighted by Crippen LogP contribution is 2.22. The Hall–Kier alpha value is -2.31. The van der Waals surface area contributed by atoms with E-state index in [-0.39, 0.29) is 6.09 Å². The first-order valence-corrected chi connectivity index (χ1v) is 8.81. The van der Waals surface area contributed by atoms with E-state index in [9.17, 15) is 4.79 Å². The summed E-state index contributed by atoms with van der Waals surface area (Å²) in [5, 5.41) is 0. The van der Waals surface area contributed by atoms with Crippen LogP contribution in [0.5, 0.6) is 0 Å². The first-order chi connectivity index (χ1) is 11.8. The third kappa shape index (κ3) is 4.41. The number of imidazole rings is 1. The second-order valence-electron chi connectivity index (χ2n) is 7.75. The molecule has 25 heavy (non-hydrogen) atoms. The van der Waals surface area contributed by atoms with Crippen molar-refractivity contribution in [1.82, 2.24) is 19.9 Å². The van der Waals surface area contributed by atoms with Gasteiger partial charge in [-0.1, -0.05) is 0 Å². The molecule has 2 aromatic rings. The standard InChI is InChI=1S/C18H27N5O2/c1-18(2,3)25-17(24)23-10-6-7-13(12-23)11-22(4)16-20-14-8-5-9-19-15(14)21-16/h5,8-9,13H,6-7,10-12H2,1-4H3,(H,19,20,21). The number of hydrogen-bond acceptors (Lipinski definition) is 5. The fraction of sp³-hybridized carbons (Fsp3) is 0.611. The predicted molar refractivity (Wildman–Crippen MR) is 97.7 cm³/mol. The van der Waals surface area contributed by atoms with Gasteiger partial charge in [0.2, 0.25) is 5.95 Å². The third-order valence-corrected chi connectivity index (χ3v) is 4.31. The monoisotopic (exact) mass is 345 g/mol. The first kappa shape index (κ1) is 17.5. The number of ether oxygens (including phenoxy) is 1. The molecule has 3 heterocycles. The molecule has 1 fully saturated rings. The van der Waals surface area contributed by atoms with Gasteiger partial charge in [-0.15, -0.1) is 0 Å². The fourth-order valence-corrected chi connectivity index (χ4v) is 3.19. The van der Waals surface area contributed by atoms with E-state index in [1.54, 1.807) is 6.20 Å². The smallest absolute Gasteiger partial charge is 0.410 e. The van der Waals surface area contributed by atoms with Gasteiger partial charge in [-0.3, -0.25) is 0 Å². The van der Waals surface area contributed by atoms with Crippen molar-refractivity contribution < 1.29 is 9.53 Å². The van der Waals surface area contributed by atoms with E-state index in [4.69, 9.17) is 4.74 Å². The molecule has 136 valence electrons. The predicted octanol–water partition coefficient (Wildman–Crippen LogP) is 3.04. The number of nitrogens with zero attached hydrogens (tertiary/aromatic N) is 4. The number of H-pyrrole nitrogens is 1. The number of carbonyl (C=O) groups is 1. The highest BCUT2D eigenvalue weighted by atomic mass is 16.6. The Bertz CT molecular complexity index is 703. The number of carbonyl (C=O) groups excluding carboxylic acids is 1. The van der Waals surface area contributed by atoms with Gasteiger partial charge in [-0.25, -0.2) is 9.78 Å². The summed E-state index contributed by atoms with van der Waals surface area (Å²) in [7, 11) is 2.02. The van der Waals surface area contributed by atoms with Crippen LogP contribution in [0.15, 0.2) is 18.3 Å². The molecule has 2 aromatic heterocycles. The van der Waals surface area contributed by atoms with Crippen LogP contribution in [0.2, 0.25) is 0 Å². The maximum absolute atomic E-state index is 12.3. The number of nitrogens with one attached hydrogen (secondary N) is 1. The lowest BCUT2D eigenvalue weighted by molar-refractivity contribution is 0.0170. The minimum atomic E-state index is -0.456. The van der Waals surface area contributed by atoms with Gasteiger partial charge in [-0.2, -0.15) is 4.98 Å². The molecule has 1 amide bonds. The maximum atomic E-state index is 12.3. The number of amides is 1. The summed E-state index contributed by atoms with van der Waals surface area (Å²) in [6, 6.07) is 3.86. The zero-order valence-corrected chi connectivity index (χ0v) is 15.5. The first-order valence-electron chi connectivity index (χ1n) is 8.81. The maximum Gasteiger partial charge on any atom is 0.410 e. The summed E-state index contributed by atoms with van der Waals surface area (Å²) < 4.78 is 5.50. The molecular formula is C18H27N5O2. The number of hydrogen-bond donors (Lipinski definition) is 1. The number of likely N-dealkylation sites (tertiary alicyclic amines) is 1. The normalized spacial score (nSPS) is 18.4. The quantitative estimate of drug-likeness (QED) is 0.925. The average Bonchev–Trinajstić information content (AvgIpc) is 2.98. The van der Waals surface area contributed by atoms with Crippen molar-refractivity contribution in [1.29, 1.82) is 0 Å². The summed E-state index contributed by atoms with van der Waals surface area (Å²) >= 11 is 0. The van der Waals surface area contributed by atoms with Gasteiger partial charge in [0.15, 0.2) is 5.65 Å². The number of anilines is 1. The molecule has 1 aliphatic heterocycles. The molecule has 7 nitrogen and oxygen atoms in total. The van der Waals surface area contributed by atoms with Crippen LogP contribution in [0.25, 0.3) is 11.2 Å². The summed E-state index contributed by atoms with van der Waals surface area (Å²) in [5.74, 6) is 1.20. The lowest BCUT2D eigenvalue weighted by Crippen LogP contribution is -2.45. The molecular weight excluding hydrogens is 318 g/mol. The van der Waals surface area contributed by atoms with E-state index in [0.29, 0.717) is 5.92 Å². The van der Waals surface area contributed by atoms with E-state index in [1.165, 1.54) is 0 Å². The molecule has 1 saturated heterocycles. The van der Waals surface area contributed by atoms with Crippen molar-refractivity contribution in [2.45, 2.75) is 39.2 Å². The molecule has 1 unspecified atom stereocenters. The van der Waals surface area contributed by atoms with Crippen molar-refractivity contribution >= 4 is 23.2 Å². The van der Waals surface area contributed by atoms with Crippen LogP contribution in [0, 0.1) is 5.92 Å². The fourth-order valence-electron chi connectivity index (χ4n) is 3.19. The van der Waals surface area contributed by atoms with Crippen molar-refractivity contribution in [3.8, 4) is 0 Å². The minimum Gasteiger partial charge on any atom is -0.444 e. The van der Waals surface area contributed by atoms with Crippen molar-refractivity contribution in [3.63, 3.8) is 0 Å². The number of aromatic amines is 1. The summed E-state index contributed by atoms with van der Waals surface area (Å²) in [6.45, 7) is 8.02. The van der Waals surface area contributed by atoms with E-state index < -0.39 is 5.60 Å². The number of piperidine rings is 1. The molecule has 3 rings (SSSR count). The van der Waals surface area contributed by atoms with Gasteiger partial charge < -0.3 is 19.5 Å². The Morgan fingerprint density at radius 3 is 3.00 bits per heavy atom. The largest absolute Gasteiger partial charge is 0.444 e. The van der Waals surface area contributed by atoms with Crippen LogP contribution in [-0.2, 0) is 4.74 Å². The Morgan fingerprint density at radius 1 is 1.48 bits per heavy atom. The zero-order valence-electron chi connectivity index (χ0n) is 15.5. The summed E-state index contributed by atoms with van der Waals surface area (Å²) in [4.78, 5) is 28.3. The minimum absolute atomic E-state index is 0.215. The average molecular weight is 345 g/mol. The third-order valence-electron chi connectivity index (χ3n) is 4.31. The van der Waals surface area contributed by atoms with Crippen molar-refractivity contribution in [2.75, 3.05) is 31.6 Å². The lowest BCUT2D eigenvalue weighted by atomic mass is 9.98. The summed E-state index contributed by atoms with van der Waals surface area (Å²) in [5.41, 5.74) is 1.20. The molecule has 0 aliphatic carbocycles. The lowest BCUT2D eigenvalue weighted by Gasteiger charge is -2.35. The van der Waals surface area contributed by atoms with Gasteiger partial charge in [0.25, 0.3) is 0 Å². The van der Waals surface area contributed by atoms with Crippen LogP contribution < -0.4 is 4.90 Å². The zero-order chi connectivity index (χ0) is 18.0. The van der Waals surface area contributed by atoms with Crippen molar-refractivity contribution in [2.24, 2.45) is 5.92 Å². The van der Waals surface area contributed by atoms with Crippen LogP contribution in [0.3, 0.4) is 0 Å². The topological polar surface area (TPSA) is 74.3 Å². The van der Waals surface area contributed by atoms with E-state index in [1.807, 2.05) is 44.9 Å². The number of fused-ring (bicyclic) bond motifs is 1. The second kappa shape index (κ2) is 6.90. The molecule has 1 N–H and O–H groups in total. The van der Waals surface area contributed by atoms with Crippen molar-refractivity contribution in [3.05, 3.63) is 18.3 Å². The highest BCUT2D eigenvalue weighted by molar-refractivity contribution is 5.73. The summed E-state index contributed by atoms with van der Waals surface area (Å²) in [6.07, 6.45) is 3.63. The SMILES string of the molecule is CN(CC1CCCN(C(=O)OC(C)(C)C)C1)c1nc2ncccc2[nH]1. The number of rotatable bonds is 3. The Labute approximate surface area is 148 Å². The number of aromatic nitrogens is 3. The molecule has 0 spiro atoms. The van der Waals surface area contributed by atoms with Crippen LogP contribution in [-0.4, -0.2) is 58.2 Å². The molecule has 1 atom stereocenters. The van der Waals surface area contributed by atoms with Crippen LogP contribution in [0.4, 0.5) is 10.7 Å². The van der Waals surface area contributed by atoms with Crippen LogP contribution in [0.1, 0.15) is 33.6 Å². The Morgan fingerprint density at radius 2 is 2.28 bits per heavy atom. The molecule has 0 saturated carbocycles. The van der Waals surface area contributed by atoms with Gasteiger partial charge >= 0.3 is 6.09 Å².